The van der Waals surface area contributed by atoms with E-state index >= 15 is 0 Å². The minimum Gasteiger partial charge on any atom is -0.494 e. The van der Waals surface area contributed by atoms with E-state index in [1.807, 2.05) is 12.3 Å². The number of benzene rings is 1. The summed E-state index contributed by atoms with van der Waals surface area (Å²) in [5.41, 5.74) is 1.17. The van der Waals surface area contributed by atoms with Gasteiger partial charge in [0, 0.05) is 30.1 Å². The molecule has 0 aliphatic heterocycles. The smallest absolute Gasteiger partial charge is 0.305 e. The molecule has 0 N–H and O–H groups in total. The number of nitrogens with zero attached hydrogens (tertiary/aromatic N) is 1. The highest BCUT2D eigenvalue weighted by atomic mass is 16.5. The van der Waals surface area contributed by atoms with Gasteiger partial charge in [0.1, 0.15) is 5.75 Å². The van der Waals surface area contributed by atoms with Crippen LogP contribution in [0.25, 0.3) is 10.9 Å². The third-order valence-electron chi connectivity index (χ3n) is 3.22. The molecule has 0 atom stereocenters. The Bertz CT molecular complexity index is 574. The first-order valence-corrected chi connectivity index (χ1v) is 7.03. The van der Waals surface area contributed by atoms with Crippen molar-refractivity contribution in [2.45, 2.75) is 32.7 Å². The maximum Gasteiger partial charge on any atom is 0.305 e. The lowest BCUT2D eigenvalue weighted by Crippen LogP contribution is -2.03. The summed E-state index contributed by atoms with van der Waals surface area (Å²) in [6, 6.07) is 8.20. The third kappa shape index (κ3) is 3.53. The van der Waals surface area contributed by atoms with Crippen molar-refractivity contribution >= 4 is 16.9 Å². The molecule has 108 valence electrons. The number of methoxy groups -OCH3 is 1. The number of carbonyl (C=O) groups is 1. The Labute approximate surface area is 119 Å². The molecule has 0 saturated heterocycles. The summed E-state index contributed by atoms with van der Waals surface area (Å²) in [6.45, 7) is 3.65. The van der Waals surface area contributed by atoms with Crippen molar-refractivity contribution in [3.63, 3.8) is 0 Å². The van der Waals surface area contributed by atoms with Gasteiger partial charge in [-0.2, -0.15) is 0 Å². The van der Waals surface area contributed by atoms with Crippen molar-refractivity contribution < 1.29 is 14.3 Å². The van der Waals surface area contributed by atoms with Gasteiger partial charge in [-0.25, -0.2) is 0 Å². The predicted octanol–water partition coefficient (Wildman–Crippen LogP) is 3.38. The van der Waals surface area contributed by atoms with Gasteiger partial charge in [0.05, 0.1) is 13.7 Å². The lowest BCUT2D eigenvalue weighted by atomic mass is 10.2. The second-order valence-corrected chi connectivity index (χ2v) is 4.76. The van der Waals surface area contributed by atoms with Gasteiger partial charge >= 0.3 is 5.97 Å². The van der Waals surface area contributed by atoms with Crippen molar-refractivity contribution in [2.24, 2.45) is 0 Å². The highest BCUT2D eigenvalue weighted by Gasteiger charge is 2.04. The van der Waals surface area contributed by atoms with Gasteiger partial charge in [-0.15, -0.1) is 0 Å². The SMILES string of the molecule is CCCOc1ccc2c(ccn2CCCC(=O)OC)c1. The monoisotopic (exact) mass is 275 g/mol. The van der Waals surface area contributed by atoms with Crippen LogP contribution in [0, 0.1) is 0 Å². The van der Waals surface area contributed by atoms with Gasteiger partial charge in [-0.05, 0) is 37.1 Å². The Hall–Kier alpha value is -1.97. The van der Waals surface area contributed by atoms with Crippen LogP contribution in [0.1, 0.15) is 26.2 Å². The quantitative estimate of drug-likeness (QED) is 0.727. The van der Waals surface area contributed by atoms with Crippen molar-refractivity contribution in [3.05, 3.63) is 30.5 Å². The Kier molecular flexibility index (Phi) is 5.04. The largest absolute Gasteiger partial charge is 0.494 e. The fraction of sp³-hybridized carbons (Fsp3) is 0.438. The van der Waals surface area contributed by atoms with Crippen LogP contribution >= 0.6 is 0 Å². The molecule has 1 heterocycles. The maximum absolute atomic E-state index is 11.1. The predicted molar refractivity (Wildman–Crippen MR) is 79.0 cm³/mol. The van der Waals surface area contributed by atoms with E-state index in [4.69, 9.17) is 4.74 Å². The van der Waals surface area contributed by atoms with E-state index in [1.54, 1.807) is 0 Å². The van der Waals surface area contributed by atoms with Gasteiger partial charge in [-0.1, -0.05) is 6.92 Å². The highest BCUT2D eigenvalue weighted by molar-refractivity contribution is 5.81. The van der Waals surface area contributed by atoms with Crippen molar-refractivity contribution in [3.8, 4) is 5.75 Å². The standard InChI is InChI=1S/C16H21NO3/c1-3-11-20-14-6-7-15-13(12-14)8-10-17(15)9-4-5-16(18)19-2/h6-8,10,12H,3-5,9,11H2,1-2H3. The summed E-state index contributed by atoms with van der Waals surface area (Å²) in [5.74, 6) is 0.753. The zero-order valence-electron chi connectivity index (χ0n) is 12.1. The minimum atomic E-state index is -0.156. The average Bonchev–Trinajstić information content (AvgIpc) is 2.87. The molecule has 0 aliphatic rings. The zero-order valence-corrected chi connectivity index (χ0v) is 12.1. The lowest BCUT2D eigenvalue weighted by Gasteiger charge is -2.07. The van der Waals surface area contributed by atoms with Crippen LogP contribution in [0.15, 0.2) is 30.5 Å². The number of ether oxygens (including phenoxy) is 2. The molecule has 20 heavy (non-hydrogen) atoms. The second-order valence-electron chi connectivity index (χ2n) is 4.76. The summed E-state index contributed by atoms with van der Waals surface area (Å²) in [5, 5.41) is 1.16. The summed E-state index contributed by atoms with van der Waals surface area (Å²) >= 11 is 0. The Morgan fingerprint density at radius 1 is 1.30 bits per heavy atom. The van der Waals surface area contributed by atoms with Gasteiger partial charge in [0.15, 0.2) is 0 Å². The number of rotatable bonds is 7. The van der Waals surface area contributed by atoms with Gasteiger partial charge in [-0.3, -0.25) is 4.79 Å². The molecule has 0 saturated carbocycles. The molecule has 0 amide bonds. The highest BCUT2D eigenvalue weighted by Crippen LogP contribution is 2.22. The Morgan fingerprint density at radius 3 is 2.90 bits per heavy atom. The summed E-state index contributed by atoms with van der Waals surface area (Å²) < 4.78 is 12.4. The van der Waals surface area contributed by atoms with E-state index in [-0.39, 0.29) is 5.97 Å². The van der Waals surface area contributed by atoms with Crippen LogP contribution in [-0.2, 0) is 16.1 Å². The first-order chi connectivity index (χ1) is 9.74. The number of esters is 1. The van der Waals surface area contributed by atoms with Crippen LogP contribution in [0.2, 0.25) is 0 Å². The molecule has 4 nitrogen and oxygen atoms in total. The third-order valence-corrected chi connectivity index (χ3v) is 3.22. The number of hydrogen-bond donors (Lipinski definition) is 0. The molecule has 0 unspecified atom stereocenters. The molecule has 1 aromatic carbocycles. The van der Waals surface area contributed by atoms with Crippen molar-refractivity contribution in [1.29, 1.82) is 0 Å². The molecule has 2 aromatic rings. The molecule has 0 fully saturated rings. The van der Waals surface area contributed by atoms with Crippen molar-refractivity contribution in [1.82, 2.24) is 4.57 Å². The molecular formula is C16H21NO3. The molecule has 1 aromatic heterocycles. The number of fused-ring (bicyclic) bond motifs is 1. The lowest BCUT2D eigenvalue weighted by molar-refractivity contribution is -0.140. The molecule has 4 heteroatoms. The van der Waals surface area contributed by atoms with E-state index in [1.165, 1.54) is 12.6 Å². The topological polar surface area (TPSA) is 40.5 Å². The molecular weight excluding hydrogens is 254 g/mol. The van der Waals surface area contributed by atoms with E-state index in [9.17, 15) is 4.79 Å². The number of aryl methyl sites for hydroxylation is 1. The molecule has 0 spiro atoms. The maximum atomic E-state index is 11.1. The Balaban J connectivity index is 2.02. The average molecular weight is 275 g/mol. The summed E-state index contributed by atoms with van der Waals surface area (Å²) in [6.07, 6.45) is 4.29. The number of aromatic nitrogens is 1. The fourth-order valence-electron chi connectivity index (χ4n) is 2.18. The first-order valence-electron chi connectivity index (χ1n) is 7.03. The van der Waals surface area contributed by atoms with Crippen LogP contribution in [0.4, 0.5) is 0 Å². The Morgan fingerprint density at radius 2 is 2.15 bits per heavy atom. The van der Waals surface area contributed by atoms with Crippen LogP contribution < -0.4 is 4.74 Å². The van der Waals surface area contributed by atoms with Crippen molar-refractivity contribution in [2.75, 3.05) is 13.7 Å². The molecule has 0 aliphatic carbocycles. The normalized spacial score (nSPS) is 10.7. The van der Waals surface area contributed by atoms with Gasteiger partial charge in [0.2, 0.25) is 0 Å². The molecule has 0 bridgehead atoms. The van der Waals surface area contributed by atoms with Crippen LogP contribution in [0.5, 0.6) is 5.75 Å². The number of hydrogen-bond acceptors (Lipinski definition) is 3. The molecule has 0 radical (unpaired) electrons. The zero-order chi connectivity index (χ0) is 14.4. The minimum absolute atomic E-state index is 0.156. The first kappa shape index (κ1) is 14.4. The van der Waals surface area contributed by atoms with E-state index in [2.05, 4.69) is 34.4 Å². The second kappa shape index (κ2) is 6.98. The molecule has 2 rings (SSSR count). The van der Waals surface area contributed by atoms with E-state index in [0.29, 0.717) is 6.42 Å². The van der Waals surface area contributed by atoms with E-state index in [0.717, 1.165) is 37.1 Å². The van der Waals surface area contributed by atoms with E-state index < -0.39 is 0 Å². The van der Waals surface area contributed by atoms with Gasteiger partial charge < -0.3 is 14.0 Å². The van der Waals surface area contributed by atoms with Gasteiger partial charge in [0.25, 0.3) is 0 Å². The fourth-order valence-corrected chi connectivity index (χ4v) is 2.18. The van der Waals surface area contributed by atoms with Crippen LogP contribution in [0.3, 0.4) is 0 Å². The van der Waals surface area contributed by atoms with Crippen LogP contribution in [-0.4, -0.2) is 24.3 Å². The summed E-state index contributed by atoms with van der Waals surface area (Å²) in [7, 11) is 1.42. The summed E-state index contributed by atoms with van der Waals surface area (Å²) in [4.78, 5) is 11.1. The number of carbonyl (C=O) groups excluding carboxylic acids is 1.